The average molecular weight is 554 g/mol. The Bertz CT molecular complexity index is 859. The second-order valence-electron chi connectivity index (χ2n) is 6.44. The van der Waals surface area contributed by atoms with Gasteiger partial charge in [0, 0.05) is 22.0 Å². The van der Waals surface area contributed by atoms with E-state index in [4.69, 9.17) is 28.4 Å². The van der Waals surface area contributed by atoms with E-state index < -0.39 is 18.6 Å². The molecule has 1 aromatic carbocycles. The van der Waals surface area contributed by atoms with Gasteiger partial charge in [0.15, 0.2) is 23.0 Å². The van der Waals surface area contributed by atoms with Gasteiger partial charge < -0.3 is 38.6 Å². The molecule has 0 saturated heterocycles. The summed E-state index contributed by atoms with van der Waals surface area (Å²) in [6, 6.07) is 0. The lowest BCUT2D eigenvalue weighted by atomic mass is 9.71. The van der Waals surface area contributed by atoms with E-state index in [-0.39, 0.29) is 6.42 Å². The van der Waals surface area contributed by atoms with Crippen LogP contribution in [-0.4, -0.2) is 66.1 Å². The monoisotopic (exact) mass is 552 g/mol. The molecule has 1 aliphatic rings. The molecule has 0 unspecified atom stereocenters. The molecular formula is C20H26Br2O8. The molecular weight excluding hydrogens is 528 g/mol. The normalized spacial score (nSPS) is 15.8. The van der Waals surface area contributed by atoms with Gasteiger partial charge in [0.05, 0.1) is 65.8 Å². The van der Waals surface area contributed by atoms with Crippen LogP contribution in [0.4, 0.5) is 0 Å². The van der Waals surface area contributed by atoms with Crippen LogP contribution in [0.5, 0.6) is 17.2 Å². The highest BCUT2D eigenvalue weighted by atomic mass is 79.9. The SMILES string of the molecule is COC1=C(OC)C(OC)=C(c2c(Br)c(Br)c(OC)c(OC)c2OC)C(CO)(CO)C1. The van der Waals surface area contributed by atoms with Crippen LogP contribution in [0.3, 0.4) is 0 Å². The highest BCUT2D eigenvalue weighted by molar-refractivity contribution is 9.13. The highest BCUT2D eigenvalue weighted by Crippen LogP contribution is 2.58. The van der Waals surface area contributed by atoms with Crippen molar-refractivity contribution in [3.8, 4) is 17.2 Å². The van der Waals surface area contributed by atoms with E-state index in [1.807, 2.05) is 0 Å². The molecule has 0 aromatic heterocycles. The summed E-state index contributed by atoms with van der Waals surface area (Å²) in [7, 11) is 8.96. The lowest BCUT2D eigenvalue weighted by Gasteiger charge is -2.39. The molecule has 0 saturated carbocycles. The molecule has 0 fully saturated rings. The summed E-state index contributed by atoms with van der Waals surface area (Å²) in [6.45, 7) is -0.784. The Labute approximate surface area is 192 Å². The summed E-state index contributed by atoms with van der Waals surface area (Å²) in [5, 5.41) is 20.8. The number of rotatable bonds is 9. The smallest absolute Gasteiger partial charge is 0.205 e. The maximum Gasteiger partial charge on any atom is 0.205 e. The first kappa shape index (κ1) is 24.6. The predicted molar refractivity (Wildman–Crippen MR) is 118 cm³/mol. The standard InChI is InChI=1S/C20H26Br2O8/c1-25-10-7-20(8-23,9-24)12(17(28-4)15(10)26-2)11-13(21)14(22)18(29-5)19(30-6)16(11)27-3/h23-24H,7-9H2,1-6H3. The van der Waals surface area contributed by atoms with Crippen LogP contribution in [0.1, 0.15) is 12.0 Å². The summed E-state index contributed by atoms with van der Waals surface area (Å²) in [6.07, 6.45) is 0.170. The van der Waals surface area contributed by atoms with Gasteiger partial charge in [-0.2, -0.15) is 0 Å². The summed E-state index contributed by atoms with van der Waals surface area (Å²) >= 11 is 7.13. The van der Waals surface area contributed by atoms with Crippen LogP contribution in [0, 0.1) is 5.41 Å². The summed E-state index contributed by atoms with van der Waals surface area (Å²) < 4.78 is 34.6. The van der Waals surface area contributed by atoms with Gasteiger partial charge >= 0.3 is 0 Å². The Morgan fingerprint density at radius 3 is 1.63 bits per heavy atom. The summed E-state index contributed by atoms with van der Waals surface area (Å²) in [4.78, 5) is 0. The second-order valence-corrected chi connectivity index (χ2v) is 8.03. The second kappa shape index (κ2) is 10.1. The van der Waals surface area contributed by atoms with E-state index in [1.54, 1.807) is 0 Å². The van der Waals surface area contributed by atoms with Crippen LogP contribution in [0.2, 0.25) is 0 Å². The molecule has 0 atom stereocenters. The van der Waals surface area contributed by atoms with Crippen molar-refractivity contribution in [2.75, 3.05) is 55.9 Å². The Morgan fingerprint density at radius 2 is 1.23 bits per heavy atom. The van der Waals surface area contributed by atoms with Gasteiger partial charge in [-0.1, -0.05) is 0 Å². The number of halogens is 2. The fourth-order valence-electron chi connectivity index (χ4n) is 3.63. The van der Waals surface area contributed by atoms with Gasteiger partial charge in [0.1, 0.15) is 5.76 Å². The molecule has 168 valence electrons. The van der Waals surface area contributed by atoms with Crippen LogP contribution in [0.15, 0.2) is 26.2 Å². The number of methoxy groups -OCH3 is 6. The summed E-state index contributed by atoms with van der Waals surface area (Å²) in [5.41, 5.74) is -0.183. The van der Waals surface area contributed by atoms with E-state index >= 15 is 0 Å². The number of ether oxygens (including phenoxy) is 6. The Balaban J connectivity index is 3.12. The number of hydrogen-bond acceptors (Lipinski definition) is 8. The van der Waals surface area contributed by atoms with Gasteiger partial charge in [0.25, 0.3) is 0 Å². The highest BCUT2D eigenvalue weighted by Gasteiger charge is 2.47. The van der Waals surface area contributed by atoms with Crippen LogP contribution >= 0.6 is 31.9 Å². The third-order valence-corrected chi connectivity index (χ3v) is 7.17. The minimum atomic E-state index is -1.16. The lowest BCUT2D eigenvalue weighted by molar-refractivity contribution is 0.0700. The number of allylic oxidation sites excluding steroid dienone is 1. The van der Waals surface area contributed by atoms with Crippen LogP contribution in [0.25, 0.3) is 5.57 Å². The molecule has 2 rings (SSSR count). The van der Waals surface area contributed by atoms with E-state index in [1.165, 1.54) is 42.7 Å². The van der Waals surface area contributed by atoms with Gasteiger partial charge in [-0.25, -0.2) is 0 Å². The van der Waals surface area contributed by atoms with Gasteiger partial charge in [0.2, 0.25) is 5.75 Å². The number of hydrogen-bond donors (Lipinski definition) is 2. The van der Waals surface area contributed by atoms with Crippen molar-refractivity contribution >= 4 is 37.4 Å². The lowest BCUT2D eigenvalue weighted by Crippen LogP contribution is -2.37. The Kier molecular flexibility index (Phi) is 8.32. The molecule has 2 N–H and O–H groups in total. The Hall–Kier alpha value is -1.62. The first-order chi connectivity index (χ1) is 14.4. The third-order valence-electron chi connectivity index (χ3n) is 5.09. The quantitative estimate of drug-likeness (QED) is 0.480. The zero-order valence-corrected chi connectivity index (χ0v) is 20.9. The van der Waals surface area contributed by atoms with Crippen molar-refractivity contribution in [2.24, 2.45) is 5.41 Å². The van der Waals surface area contributed by atoms with Crippen molar-refractivity contribution in [3.05, 3.63) is 31.8 Å². The molecule has 1 aliphatic carbocycles. The molecule has 8 nitrogen and oxygen atoms in total. The molecule has 10 heteroatoms. The van der Waals surface area contributed by atoms with Crippen molar-refractivity contribution < 1.29 is 38.6 Å². The first-order valence-corrected chi connectivity index (χ1v) is 10.4. The molecule has 0 bridgehead atoms. The zero-order chi connectivity index (χ0) is 22.6. The van der Waals surface area contributed by atoms with Gasteiger partial charge in [-0.05, 0) is 31.9 Å². The van der Waals surface area contributed by atoms with Crippen molar-refractivity contribution in [3.63, 3.8) is 0 Å². The van der Waals surface area contributed by atoms with Crippen molar-refractivity contribution in [1.82, 2.24) is 0 Å². The van der Waals surface area contributed by atoms with Crippen LogP contribution in [-0.2, 0) is 14.2 Å². The van der Waals surface area contributed by atoms with Crippen LogP contribution < -0.4 is 14.2 Å². The third kappa shape index (κ3) is 3.74. The topological polar surface area (TPSA) is 95.8 Å². The molecule has 1 aromatic rings. The number of benzene rings is 1. The van der Waals surface area contributed by atoms with E-state index in [0.717, 1.165) is 0 Å². The average Bonchev–Trinajstić information content (AvgIpc) is 2.78. The molecule has 0 heterocycles. The van der Waals surface area contributed by atoms with E-state index in [0.29, 0.717) is 54.6 Å². The molecule has 0 radical (unpaired) electrons. The fourth-order valence-corrected chi connectivity index (χ4v) is 4.73. The summed E-state index contributed by atoms with van der Waals surface area (Å²) in [5.74, 6) is 2.17. The van der Waals surface area contributed by atoms with Gasteiger partial charge in [-0.3, -0.25) is 0 Å². The fraction of sp³-hybridized carbons (Fsp3) is 0.500. The molecule has 0 spiro atoms. The minimum Gasteiger partial charge on any atom is -0.497 e. The van der Waals surface area contributed by atoms with Gasteiger partial charge in [-0.15, -0.1) is 0 Å². The molecule has 30 heavy (non-hydrogen) atoms. The molecule has 0 amide bonds. The predicted octanol–water partition coefficient (Wildman–Crippen LogP) is 3.47. The minimum absolute atomic E-state index is 0.170. The van der Waals surface area contributed by atoms with Crippen molar-refractivity contribution in [1.29, 1.82) is 0 Å². The Morgan fingerprint density at radius 1 is 0.700 bits per heavy atom. The first-order valence-electron chi connectivity index (χ1n) is 8.85. The van der Waals surface area contributed by atoms with E-state index in [9.17, 15) is 10.2 Å². The molecule has 0 aliphatic heterocycles. The maximum absolute atomic E-state index is 10.4. The zero-order valence-electron chi connectivity index (χ0n) is 17.7. The largest absolute Gasteiger partial charge is 0.497 e. The number of aliphatic hydroxyl groups excluding tert-OH is 2. The number of aliphatic hydroxyl groups is 2. The maximum atomic E-state index is 10.4. The van der Waals surface area contributed by atoms with E-state index in [2.05, 4.69) is 31.9 Å². The van der Waals surface area contributed by atoms with Crippen molar-refractivity contribution in [2.45, 2.75) is 6.42 Å².